The van der Waals surface area contributed by atoms with E-state index in [-0.39, 0.29) is 70.4 Å². The quantitative estimate of drug-likeness (QED) is 0.0450. The normalized spacial score (nSPS) is 11.5. The Morgan fingerprint density at radius 3 is 0.947 bits per heavy atom. The van der Waals surface area contributed by atoms with Gasteiger partial charge < -0.3 is 30.6 Å². The Labute approximate surface area is 467 Å². The largest absolute Gasteiger partial charge is 1.00 e. The summed E-state index contributed by atoms with van der Waals surface area (Å²) >= 11 is 3.48. The molecule has 0 heterocycles. The smallest absolute Gasteiger partial charge is 0.306 e. The van der Waals surface area contributed by atoms with Crippen LogP contribution in [0, 0.1) is 0 Å². The summed E-state index contributed by atoms with van der Waals surface area (Å²) in [6.45, 7) is 17.3. The van der Waals surface area contributed by atoms with Gasteiger partial charge in [0.2, 0.25) is 0 Å². The Morgan fingerprint density at radius 1 is 0.421 bits per heavy atom. The summed E-state index contributed by atoms with van der Waals surface area (Å²) in [6.07, 6.45) is 7.62. The average Bonchev–Trinajstić information content (AvgIpc) is 3.43. The zero-order chi connectivity index (χ0) is 54.1. The van der Waals surface area contributed by atoms with Crippen LogP contribution in [-0.2, 0) is 23.9 Å². The molecule has 6 aromatic rings. The summed E-state index contributed by atoms with van der Waals surface area (Å²) in [6, 6.07) is 52.6. The van der Waals surface area contributed by atoms with Gasteiger partial charge in [0.15, 0.2) is 0 Å². The molecule has 0 spiro atoms. The van der Waals surface area contributed by atoms with E-state index in [0.717, 1.165) is 75.4 Å². The monoisotopic (exact) mass is 1110 g/mol. The van der Waals surface area contributed by atoms with Crippen molar-refractivity contribution in [2.45, 2.75) is 163 Å². The van der Waals surface area contributed by atoms with Crippen LogP contribution in [0.4, 0.5) is 0 Å². The highest BCUT2D eigenvalue weighted by Crippen LogP contribution is 2.33. The van der Waals surface area contributed by atoms with Crippen LogP contribution in [0.5, 0.6) is 17.2 Å². The average molecular weight is 1110 g/mol. The van der Waals surface area contributed by atoms with E-state index < -0.39 is 5.97 Å². The van der Waals surface area contributed by atoms with Gasteiger partial charge in [-0.15, -0.1) is 0 Å². The first-order valence-electron chi connectivity index (χ1n) is 26.5. The van der Waals surface area contributed by atoms with E-state index in [4.69, 9.17) is 18.9 Å². The van der Waals surface area contributed by atoms with Gasteiger partial charge in [-0.05, 0) is 122 Å². The third kappa shape index (κ3) is 25.0. The number of carboxylic acids is 1. The van der Waals surface area contributed by atoms with Crippen molar-refractivity contribution in [3.8, 4) is 17.2 Å². The second kappa shape index (κ2) is 39.1. The molecular formula is C66H90BrO9-. The summed E-state index contributed by atoms with van der Waals surface area (Å²) in [7, 11) is 0. The maximum atomic E-state index is 12.0. The first-order chi connectivity index (χ1) is 35.8. The van der Waals surface area contributed by atoms with Gasteiger partial charge in [0.25, 0.3) is 0 Å². The molecule has 3 unspecified atom stereocenters. The number of phenolic OH excluding ortho intramolecular Hbond substituents is 1. The molecule has 0 saturated carbocycles. The number of hydrogen-bond acceptors (Lipinski definition) is 8. The van der Waals surface area contributed by atoms with Gasteiger partial charge in [0.1, 0.15) is 17.2 Å². The Kier molecular flexibility index (Phi) is 34.8. The van der Waals surface area contributed by atoms with Crippen LogP contribution < -0.4 is 9.47 Å². The highest BCUT2D eigenvalue weighted by molar-refractivity contribution is 9.09. The first kappa shape index (κ1) is 67.6. The van der Waals surface area contributed by atoms with Crippen LogP contribution >= 0.6 is 15.9 Å². The predicted molar refractivity (Wildman–Crippen MR) is 318 cm³/mol. The van der Waals surface area contributed by atoms with Gasteiger partial charge in [-0.2, -0.15) is 0 Å². The van der Waals surface area contributed by atoms with Crippen LogP contribution in [-0.4, -0.2) is 58.4 Å². The van der Waals surface area contributed by atoms with Crippen molar-refractivity contribution in [2.24, 2.45) is 0 Å². The molecule has 2 N–H and O–H groups in total. The molecule has 76 heavy (non-hydrogen) atoms. The van der Waals surface area contributed by atoms with E-state index in [1.807, 2.05) is 134 Å². The molecule has 0 saturated heterocycles. The molecule has 0 amide bonds. The molecule has 10 heteroatoms. The minimum absolute atomic E-state index is 0. The van der Waals surface area contributed by atoms with Crippen LogP contribution in [0.25, 0.3) is 0 Å². The topological polar surface area (TPSA) is 129 Å². The maximum absolute atomic E-state index is 12.0. The third-order valence-electron chi connectivity index (χ3n) is 12.5. The minimum Gasteiger partial charge on any atom is -1.00 e. The number of hydrogen-bond donors (Lipinski definition) is 2. The zero-order valence-electron chi connectivity index (χ0n) is 46.0. The summed E-state index contributed by atoms with van der Waals surface area (Å²) in [5.74, 6) is 0.537. The Hall–Kier alpha value is -6.39. The van der Waals surface area contributed by atoms with E-state index in [2.05, 4.69) is 81.7 Å². The van der Waals surface area contributed by atoms with Gasteiger partial charge >= 0.3 is 17.9 Å². The Bertz CT molecular complexity index is 2410. The van der Waals surface area contributed by atoms with E-state index in [1.54, 1.807) is 19.1 Å². The fourth-order valence-electron chi connectivity index (χ4n) is 8.14. The molecule has 0 bridgehead atoms. The zero-order valence-corrected chi connectivity index (χ0v) is 46.5. The molecule has 3 atom stereocenters. The SMILES string of the molecule is C.C.CCC(Br)CC.CCC(CC)Oc1ccc(C(CC(=O)O)c2ccccc2)cc1.CCOC(=O)CC(c1ccccc1)c1ccc(O)cc1.CCOC(=O)CC(c1ccccc1)c1ccc(OC(CC)CC)cc1.[2H-]. The number of alkyl halides is 1. The Balaban J connectivity index is 0.00000105. The van der Waals surface area contributed by atoms with Gasteiger partial charge in [0.05, 0.1) is 44.7 Å². The molecule has 0 radical (unpaired) electrons. The van der Waals surface area contributed by atoms with E-state index in [0.29, 0.717) is 26.1 Å². The molecular weight excluding hydrogens is 1020 g/mol. The fraction of sp³-hybridized carbons (Fsp3) is 0.409. The number of carbonyl (C=O) groups excluding carboxylic acids is 2. The van der Waals surface area contributed by atoms with Gasteiger partial charge in [-0.1, -0.05) is 200 Å². The van der Waals surface area contributed by atoms with Crippen LogP contribution in [0.3, 0.4) is 0 Å². The predicted octanol–water partition coefficient (Wildman–Crippen LogP) is 17.6. The molecule has 0 aliphatic heterocycles. The number of ether oxygens (including phenoxy) is 4. The van der Waals surface area contributed by atoms with Crippen LogP contribution in [0.1, 0.15) is 181 Å². The highest BCUT2D eigenvalue weighted by Gasteiger charge is 2.21. The van der Waals surface area contributed by atoms with E-state index in [1.165, 1.54) is 12.8 Å². The lowest BCUT2D eigenvalue weighted by Gasteiger charge is -2.19. The summed E-state index contributed by atoms with van der Waals surface area (Å²) < 4.78 is 22.1. The lowest BCUT2D eigenvalue weighted by Crippen LogP contribution is -2.14. The first-order valence-corrected chi connectivity index (χ1v) is 27.4. The Morgan fingerprint density at radius 2 is 0.697 bits per heavy atom. The van der Waals surface area contributed by atoms with Gasteiger partial charge in [-0.25, -0.2) is 0 Å². The van der Waals surface area contributed by atoms with Crippen LogP contribution in [0.2, 0.25) is 0 Å². The second-order valence-corrected chi connectivity index (χ2v) is 19.1. The summed E-state index contributed by atoms with van der Waals surface area (Å²) in [4.78, 5) is 35.8. The summed E-state index contributed by atoms with van der Waals surface area (Å²) in [5, 5.41) is 18.6. The number of phenols is 1. The third-order valence-corrected chi connectivity index (χ3v) is 13.8. The van der Waals surface area contributed by atoms with E-state index in [9.17, 15) is 24.6 Å². The van der Waals surface area contributed by atoms with Crippen molar-refractivity contribution in [1.82, 2.24) is 0 Å². The van der Waals surface area contributed by atoms with Crippen molar-refractivity contribution < 1.29 is 45.0 Å². The molecule has 9 nitrogen and oxygen atoms in total. The second-order valence-electron chi connectivity index (χ2n) is 17.8. The van der Waals surface area contributed by atoms with Crippen molar-refractivity contribution in [3.63, 3.8) is 0 Å². The lowest BCUT2D eigenvalue weighted by atomic mass is 9.88. The number of halogens is 1. The number of rotatable bonds is 24. The van der Waals surface area contributed by atoms with E-state index >= 15 is 0 Å². The number of carboxylic acid groups (broad SMARTS) is 1. The van der Waals surface area contributed by atoms with Crippen molar-refractivity contribution in [3.05, 3.63) is 197 Å². The molecule has 0 fully saturated rings. The van der Waals surface area contributed by atoms with Gasteiger partial charge in [0, 0.05) is 22.6 Å². The number of benzene rings is 6. The molecule has 0 aliphatic rings. The number of aliphatic carboxylic acids is 1. The van der Waals surface area contributed by atoms with Gasteiger partial charge in [-0.3, -0.25) is 14.4 Å². The summed E-state index contributed by atoms with van der Waals surface area (Å²) in [5.41, 5.74) is 6.27. The number of aromatic hydroxyl groups is 1. The molecule has 416 valence electrons. The molecule has 6 aromatic carbocycles. The number of carbonyl (C=O) groups is 3. The lowest BCUT2D eigenvalue weighted by molar-refractivity contribution is -0.144. The van der Waals surface area contributed by atoms with Crippen molar-refractivity contribution in [1.29, 1.82) is 0 Å². The number of esters is 2. The molecule has 6 rings (SSSR count). The fourth-order valence-corrected chi connectivity index (χ4v) is 8.14. The molecule has 0 aromatic heterocycles. The highest BCUT2D eigenvalue weighted by atomic mass is 79.9. The van der Waals surface area contributed by atoms with Crippen molar-refractivity contribution >= 4 is 33.8 Å². The molecule has 0 aliphatic carbocycles. The van der Waals surface area contributed by atoms with Crippen molar-refractivity contribution in [2.75, 3.05) is 13.2 Å². The standard InChI is InChI=1S/C22H28O3.C20H24O3.C17H18O3.C5H11Br.2CH4.H/c1-4-19(5-2)25-20-14-12-18(13-15-20)21(16-22(23)24-6-3)17-10-8-7-9-11-17;1-3-17(4-2)23-18-12-10-16(11-13-18)19(14-20(21)22)15-8-6-5-7-9-15;1-2-20-17(19)12-16(13-6-4-3-5-7-13)14-8-10-15(18)11-9-14;1-3-5(6)4-2;;;/h7-15,19,21H,4-6,16H2,1-3H3;5-13,17,19H,3-4,14H2,1-2H3,(H,21,22);3-11,16,18H,2,12H2,1H3;5H,3-4H2,1-2H3;2*1H4;/q;;;;;;-1/i;;;;;;1+1. The maximum Gasteiger partial charge on any atom is 0.306 e. The minimum atomic E-state index is -0.795. The van der Waals surface area contributed by atoms with Crippen LogP contribution in [0.15, 0.2) is 164 Å².